The first-order chi connectivity index (χ1) is 9.83. The molecule has 0 amide bonds. The molecule has 2 aromatic heterocycles. The molecule has 5 nitrogen and oxygen atoms in total. The molecular weight excluding hydrogens is 252 g/mol. The van der Waals surface area contributed by atoms with E-state index in [0.29, 0.717) is 12.6 Å². The van der Waals surface area contributed by atoms with Crippen LogP contribution in [-0.2, 0) is 11.3 Å². The van der Waals surface area contributed by atoms with Crippen LogP contribution in [0.4, 0.5) is 5.82 Å². The van der Waals surface area contributed by atoms with Crippen molar-refractivity contribution in [3.63, 3.8) is 0 Å². The van der Waals surface area contributed by atoms with Crippen LogP contribution in [0.3, 0.4) is 0 Å². The maximum Gasteiger partial charge on any atom is 0.152 e. The van der Waals surface area contributed by atoms with Gasteiger partial charge in [-0.15, -0.1) is 0 Å². The average molecular weight is 274 g/mol. The van der Waals surface area contributed by atoms with Crippen LogP contribution in [0.5, 0.6) is 0 Å². The molecule has 1 fully saturated rings. The molecule has 20 heavy (non-hydrogen) atoms. The van der Waals surface area contributed by atoms with Gasteiger partial charge in [0, 0.05) is 32.4 Å². The van der Waals surface area contributed by atoms with E-state index in [2.05, 4.69) is 16.2 Å². The summed E-state index contributed by atoms with van der Waals surface area (Å²) < 4.78 is 7.86. The number of nitrogens with two attached hydrogens (primary N) is 1. The van der Waals surface area contributed by atoms with Crippen LogP contribution in [0.25, 0.3) is 5.65 Å². The van der Waals surface area contributed by atoms with Crippen molar-refractivity contribution in [2.45, 2.75) is 32.4 Å². The second kappa shape index (κ2) is 5.81. The van der Waals surface area contributed by atoms with Crippen molar-refractivity contribution in [1.82, 2.24) is 9.38 Å². The highest BCUT2D eigenvalue weighted by molar-refractivity contribution is 5.56. The number of imidazole rings is 1. The summed E-state index contributed by atoms with van der Waals surface area (Å²) >= 11 is 0. The lowest BCUT2D eigenvalue weighted by Gasteiger charge is -2.33. The van der Waals surface area contributed by atoms with Gasteiger partial charge in [0.1, 0.15) is 5.65 Å². The molecule has 0 aromatic carbocycles. The Morgan fingerprint density at radius 1 is 1.45 bits per heavy atom. The molecule has 1 saturated heterocycles. The second-order valence-electron chi connectivity index (χ2n) is 5.18. The highest BCUT2D eigenvalue weighted by atomic mass is 16.5. The number of nitrogens with zero attached hydrogens (tertiary/aromatic N) is 3. The topological polar surface area (TPSA) is 55.8 Å². The normalized spacial score (nSPS) is 19.7. The first-order valence-electron chi connectivity index (χ1n) is 7.36. The third kappa shape index (κ3) is 2.39. The lowest BCUT2D eigenvalue weighted by molar-refractivity contribution is 0.0525. The van der Waals surface area contributed by atoms with E-state index in [1.165, 1.54) is 0 Å². The first kappa shape index (κ1) is 13.4. The zero-order chi connectivity index (χ0) is 13.9. The highest BCUT2D eigenvalue weighted by Gasteiger charge is 2.24. The Morgan fingerprint density at radius 2 is 2.35 bits per heavy atom. The minimum absolute atomic E-state index is 0.309. The van der Waals surface area contributed by atoms with Gasteiger partial charge in [-0.2, -0.15) is 0 Å². The lowest BCUT2D eigenvalue weighted by atomic mass is 10.1. The van der Waals surface area contributed by atoms with Crippen molar-refractivity contribution in [2.75, 3.05) is 24.6 Å². The Morgan fingerprint density at radius 3 is 3.15 bits per heavy atom. The van der Waals surface area contributed by atoms with Crippen molar-refractivity contribution in [2.24, 2.45) is 5.73 Å². The van der Waals surface area contributed by atoms with E-state index in [-0.39, 0.29) is 0 Å². The summed E-state index contributed by atoms with van der Waals surface area (Å²) in [5.74, 6) is 1.02. The molecule has 3 rings (SSSR count). The van der Waals surface area contributed by atoms with E-state index < -0.39 is 0 Å². The average Bonchev–Trinajstić information content (AvgIpc) is 2.86. The van der Waals surface area contributed by atoms with Gasteiger partial charge in [0.25, 0.3) is 0 Å². The predicted molar refractivity (Wildman–Crippen MR) is 79.9 cm³/mol. The van der Waals surface area contributed by atoms with Crippen LogP contribution in [0.2, 0.25) is 0 Å². The van der Waals surface area contributed by atoms with Crippen molar-refractivity contribution in [1.29, 1.82) is 0 Å². The first-order valence-corrected chi connectivity index (χ1v) is 7.36. The molecule has 0 radical (unpaired) electrons. The number of fused-ring (bicyclic) bond motifs is 1. The Kier molecular flexibility index (Phi) is 3.89. The fourth-order valence-corrected chi connectivity index (χ4v) is 2.98. The van der Waals surface area contributed by atoms with Crippen LogP contribution in [0, 0.1) is 0 Å². The van der Waals surface area contributed by atoms with Crippen molar-refractivity contribution >= 4 is 11.5 Å². The number of pyridine rings is 1. The molecule has 0 bridgehead atoms. The van der Waals surface area contributed by atoms with Crippen molar-refractivity contribution in [3.8, 4) is 0 Å². The van der Waals surface area contributed by atoms with E-state index in [0.717, 1.165) is 49.7 Å². The third-order valence-corrected chi connectivity index (χ3v) is 3.88. The van der Waals surface area contributed by atoms with E-state index in [4.69, 9.17) is 15.5 Å². The predicted octanol–water partition coefficient (Wildman–Crippen LogP) is 1.80. The molecule has 2 aromatic rings. The Labute approximate surface area is 119 Å². The molecule has 1 unspecified atom stereocenters. The van der Waals surface area contributed by atoms with Crippen molar-refractivity contribution < 1.29 is 4.74 Å². The monoisotopic (exact) mass is 274 g/mol. The summed E-state index contributed by atoms with van der Waals surface area (Å²) in [6.45, 7) is 5.25. The largest absolute Gasteiger partial charge is 0.377 e. The zero-order valence-corrected chi connectivity index (χ0v) is 12.0. The molecule has 0 saturated carbocycles. The molecule has 0 aliphatic carbocycles. The zero-order valence-electron chi connectivity index (χ0n) is 12.0. The standard InChI is InChI=1S/C15H22N4O/c1-2-20-12-6-5-8-18(11-12)15-13(10-16)19-9-4-3-7-14(19)17-15/h3-4,7,9,12H,2,5-6,8,10-11,16H2,1H3. The summed E-state index contributed by atoms with van der Waals surface area (Å²) in [6.07, 6.45) is 4.61. The number of hydrogen-bond acceptors (Lipinski definition) is 4. The molecule has 1 aliphatic rings. The number of ether oxygens (including phenoxy) is 1. The van der Waals surface area contributed by atoms with Crippen LogP contribution in [-0.4, -0.2) is 35.2 Å². The summed E-state index contributed by atoms with van der Waals surface area (Å²) in [7, 11) is 0. The quantitative estimate of drug-likeness (QED) is 0.923. The van der Waals surface area contributed by atoms with Gasteiger partial charge in [-0.1, -0.05) is 6.07 Å². The second-order valence-corrected chi connectivity index (χ2v) is 5.18. The van der Waals surface area contributed by atoms with Gasteiger partial charge < -0.3 is 19.8 Å². The molecular formula is C15H22N4O. The number of anilines is 1. The fourth-order valence-electron chi connectivity index (χ4n) is 2.98. The van der Waals surface area contributed by atoms with E-state index in [1.54, 1.807) is 0 Å². The molecule has 3 heterocycles. The number of piperidine rings is 1. The summed E-state index contributed by atoms with van der Waals surface area (Å²) in [5, 5.41) is 0. The van der Waals surface area contributed by atoms with E-state index in [1.807, 2.05) is 24.4 Å². The Hall–Kier alpha value is -1.59. The number of hydrogen-bond donors (Lipinski definition) is 1. The molecule has 5 heteroatoms. The minimum Gasteiger partial charge on any atom is -0.377 e. The van der Waals surface area contributed by atoms with Crippen LogP contribution < -0.4 is 10.6 Å². The highest BCUT2D eigenvalue weighted by Crippen LogP contribution is 2.25. The molecule has 0 spiro atoms. The molecule has 2 N–H and O–H groups in total. The number of aromatic nitrogens is 2. The third-order valence-electron chi connectivity index (χ3n) is 3.88. The van der Waals surface area contributed by atoms with Crippen LogP contribution in [0.1, 0.15) is 25.5 Å². The van der Waals surface area contributed by atoms with Crippen molar-refractivity contribution in [3.05, 3.63) is 30.1 Å². The SMILES string of the molecule is CCOC1CCCN(c2nc3ccccn3c2CN)C1. The Balaban J connectivity index is 1.92. The van der Waals surface area contributed by atoms with Gasteiger partial charge in [0.05, 0.1) is 11.8 Å². The van der Waals surface area contributed by atoms with Crippen LogP contribution >= 0.6 is 0 Å². The summed E-state index contributed by atoms with van der Waals surface area (Å²) in [6, 6.07) is 6.04. The van der Waals surface area contributed by atoms with Gasteiger partial charge in [-0.25, -0.2) is 4.98 Å². The molecule has 1 aliphatic heterocycles. The smallest absolute Gasteiger partial charge is 0.152 e. The number of rotatable bonds is 4. The van der Waals surface area contributed by atoms with Gasteiger partial charge in [-0.3, -0.25) is 0 Å². The Bertz CT molecular complexity index is 578. The van der Waals surface area contributed by atoms with E-state index >= 15 is 0 Å². The van der Waals surface area contributed by atoms with E-state index in [9.17, 15) is 0 Å². The molecule has 1 atom stereocenters. The maximum absolute atomic E-state index is 5.94. The van der Waals surface area contributed by atoms with Gasteiger partial charge >= 0.3 is 0 Å². The lowest BCUT2D eigenvalue weighted by Crippen LogP contribution is -2.40. The van der Waals surface area contributed by atoms with Crippen LogP contribution in [0.15, 0.2) is 24.4 Å². The fraction of sp³-hybridized carbons (Fsp3) is 0.533. The van der Waals surface area contributed by atoms with Gasteiger partial charge in [-0.05, 0) is 31.9 Å². The molecule has 108 valence electrons. The summed E-state index contributed by atoms with van der Waals surface area (Å²) in [4.78, 5) is 7.07. The van der Waals surface area contributed by atoms with Gasteiger partial charge in [0.2, 0.25) is 0 Å². The minimum atomic E-state index is 0.309. The summed E-state index contributed by atoms with van der Waals surface area (Å²) in [5.41, 5.74) is 7.98. The van der Waals surface area contributed by atoms with Gasteiger partial charge in [0.15, 0.2) is 5.82 Å². The maximum atomic E-state index is 5.94.